The summed E-state index contributed by atoms with van der Waals surface area (Å²) in [7, 11) is -4.45. The van der Waals surface area contributed by atoms with Crippen LogP contribution in [0.25, 0.3) is 0 Å². The van der Waals surface area contributed by atoms with Crippen molar-refractivity contribution in [1.82, 2.24) is 0 Å². The lowest BCUT2D eigenvalue weighted by Crippen LogP contribution is -2.13. The smallest absolute Gasteiger partial charge is 0.342 e. The zero-order valence-corrected chi connectivity index (χ0v) is 13.2. The average molecular weight is 326 g/mol. The molecule has 0 unspecified atom stereocenters. The summed E-state index contributed by atoms with van der Waals surface area (Å²) in [6.45, 7) is 5.55. The van der Waals surface area contributed by atoms with Crippen molar-refractivity contribution < 1.29 is 21.4 Å². The summed E-state index contributed by atoms with van der Waals surface area (Å²) in [5.74, 6) is -1.76. The van der Waals surface area contributed by atoms with Crippen molar-refractivity contribution in [2.75, 3.05) is 0 Å². The van der Waals surface area contributed by atoms with E-state index in [9.17, 15) is 17.2 Å². The monoisotopic (exact) mass is 326 g/mol. The number of halogens is 2. The highest BCUT2D eigenvalue weighted by Gasteiger charge is 2.24. The third kappa shape index (κ3) is 3.44. The van der Waals surface area contributed by atoms with Crippen molar-refractivity contribution in [3.63, 3.8) is 0 Å². The van der Waals surface area contributed by atoms with E-state index in [2.05, 4.69) is 0 Å². The molecular formula is C16H16F2O3S. The second-order valence-corrected chi connectivity index (χ2v) is 6.82. The van der Waals surface area contributed by atoms with Gasteiger partial charge in [-0.3, -0.25) is 0 Å². The van der Waals surface area contributed by atoms with Crippen LogP contribution in [0, 0.1) is 18.6 Å². The molecule has 0 aliphatic carbocycles. The maximum Gasteiger partial charge on any atom is 0.342 e. The summed E-state index contributed by atoms with van der Waals surface area (Å²) < 4.78 is 56.4. The van der Waals surface area contributed by atoms with Crippen molar-refractivity contribution in [2.45, 2.75) is 31.6 Å². The highest BCUT2D eigenvalue weighted by molar-refractivity contribution is 7.87. The third-order valence-corrected chi connectivity index (χ3v) is 4.40. The van der Waals surface area contributed by atoms with E-state index in [1.54, 1.807) is 19.1 Å². The summed E-state index contributed by atoms with van der Waals surface area (Å²) in [5, 5.41) is 0. The largest absolute Gasteiger partial charge is 0.379 e. The van der Waals surface area contributed by atoms with E-state index in [1.807, 2.05) is 19.9 Å². The Bertz CT molecular complexity index is 799. The molecule has 0 fully saturated rings. The van der Waals surface area contributed by atoms with Crippen molar-refractivity contribution in [2.24, 2.45) is 0 Å². The van der Waals surface area contributed by atoms with E-state index in [4.69, 9.17) is 4.18 Å². The van der Waals surface area contributed by atoms with Gasteiger partial charge in [0, 0.05) is 0 Å². The van der Waals surface area contributed by atoms with Gasteiger partial charge in [-0.2, -0.15) is 8.42 Å². The normalized spacial score (nSPS) is 11.7. The molecule has 0 aliphatic heterocycles. The molecule has 0 saturated carbocycles. The van der Waals surface area contributed by atoms with Gasteiger partial charge >= 0.3 is 10.1 Å². The average Bonchev–Trinajstić information content (AvgIpc) is 2.40. The van der Waals surface area contributed by atoms with E-state index < -0.39 is 26.6 Å². The molecule has 2 aromatic carbocycles. The number of hydrogen-bond acceptors (Lipinski definition) is 3. The molecule has 3 nitrogen and oxygen atoms in total. The van der Waals surface area contributed by atoms with E-state index in [0.29, 0.717) is 11.6 Å². The van der Waals surface area contributed by atoms with Crippen LogP contribution in [0.5, 0.6) is 5.75 Å². The zero-order chi connectivity index (χ0) is 16.5. The van der Waals surface area contributed by atoms with Gasteiger partial charge in [0.25, 0.3) is 0 Å². The molecule has 0 aromatic heterocycles. The summed E-state index contributed by atoms with van der Waals surface area (Å²) >= 11 is 0. The minimum atomic E-state index is -4.45. The van der Waals surface area contributed by atoms with Crippen LogP contribution in [-0.4, -0.2) is 8.42 Å². The Morgan fingerprint density at radius 3 is 2.36 bits per heavy atom. The minimum absolute atomic E-state index is 0.0168. The lowest BCUT2D eigenvalue weighted by Gasteiger charge is -2.15. The number of benzene rings is 2. The van der Waals surface area contributed by atoms with E-state index in [-0.39, 0.29) is 11.7 Å². The van der Waals surface area contributed by atoms with Gasteiger partial charge in [-0.25, -0.2) is 8.78 Å². The number of aryl methyl sites for hydroxylation is 1. The fourth-order valence-electron chi connectivity index (χ4n) is 2.02. The first-order chi connectivity index (χ1) is 10.2. The van der Waals surface area contributed by atoms with Crippen LogP contribution < -0.4 is 4.18 Å². The highest BCUT2D eigenvalue weighted by Crippen LogP contribution is 2.30. The topological polar surface area (TPSA) is 43.4 Å². The summed E-state index contributed by atoms with van der Waals surface area (Å²) in [6.07, 6.45) is 0. The van der Waals surface area contributed by atoms with Crippen molar-refractivity contribution in [3.8, 4) is 5.75 Å². The van der Waals surface area contributed by atoms with Crippen LogP contribution in [-0.2, 0) is 10.1 Å². The van der Waals surface area contributed by atoms with Crippen LogP contribution in [0.2, 0.25) is 0 Å². The lowest BCUT2D eigenvalue weighted by molar-refractivity contribution is 0.469. The van der Waals surface area contributed by atoms with Gasteiger partial charge in [0.1, 0.15) is 22.3 Å². The predicted molar refractivity (Wildman–Crippen MR) is 79.4 cm³/mol. The van der Waals surface area contributed by atoms with Gasteiger partial charge in [0.2, 0.25) is 0 Å². The fourth-order valence-corrected chi connectivity index (χ4v) is 3.06. The Labute approximate surface area is 128 Å². The Balaban J connectivity index is 2.49. The molecule has 0 radical (unpaired) electrons. The summed E-state index contributed by atoms with van der Waals surface area (Å²) in [5.41, 5.74) is 1.47. The Kier molecular flexibility index (Phi) is 4.51. The standard InChI is InChI=1S/C16H16F2O3S/c1-10(2)13-6-4-11(3)8-15(13)21-22(19,20)16-9-12(17)5-7-14(16)18/h4-10H,1-3H3. The zero-order valence-electron chi connectivity index (χ0n) is 12.4. The first kappa shape index (κ1) is 16.4. The molecule has 2 aromatic rings. The Hall–Kier alpha value is -1.95. The molecule has 22 heavy (non-hydrogen) atoms. The first-order valence-corrected chi connectivity index (χ1v) is 8.11. The molecule has 0 saturated heterocycles. The second-order valence-electron chi connectivity index (χ2n) is 5.31. The fraction of sp³-hybridized carbons (Fsp3) is 0.250. The molecule has 0 spiro atoms. The maximum atomic E-state index is 13.7. The van der Waals surface area contributed by atoms with E-state index in [0.717, 1.165) is 17.7 Å². The van der Waals surface area contributed by atoms with E-state index >= 15 is 0 Å². The lowest BCUT2D eigenvalue weighted by atomic mass is 10.0. The molecule has 118 valence electrons. The van der Waals surface area contributed by atoms with Crippen LogP contribution >= 0.6 is 0 Å². The Morgan fingerprint density at radius 1 is 1.05 bits per heavy atom. The molecule has 0 amide bonds. The summed E-state index contributed by atoms with van der Waals surface area (Å²) in [4.78, 5) is -0.816. The first-order valence-electron chi connectivity index (χ1n) is 6.71. The summed E-state index contributed by atoms with van der Waals surface area (Å²) in [6, 6.07) is 7.36. The molecule has 0 aliphatic rings. The maximum absolute atomic E-state index is 13.7. The molecule has 0 heterocycles. The van der Waals surface area contributed by atoms with Gasteiger partial charge in [0.15, 0.2) is 0 Å². The van der Waals surface area contributed by atoms with E-state index in [1.165, 1.54) is 0 Å². The molecule has 0 N–H and O–H groups in total. The van der Waals surface area contributed by atoms with Crippen molar-refractivity contribution in [3.05, 3.63) is 59.2 Å². The highest BCUT2D eigenvalue weighted by atomic mass is 32.2. The van der Waals surface area contributed by atoms with Gasteiger partial charge < -0.3 is 4.18 Å². The van der Waals surface area contributed by atoms with Crippen LogP contribution in [0.4, 0.5) is 8.78 Å². The van der Waals surface area contributed by atoms with Gasteiger partial charge in [-0.1, -0.05) is 26.0 Å². The van der Waals surface area contributed by atoms with Gasteiger partial charge in [-0.05, 0) is 48.2 Å². The van der Waals surface area contributed by atoms with Crippen LogP contribution in [0.1, 0.15) is 30.9 Å². The van der Waals surface area contributed by atoms with Crippen molar-refractivity contribution in [1.29, 1.82) is 0 Å². The predicted octanol–water partition coefficient (Wildman–Crippen LogP) is 4.16. The molecule has 6 heteroatoms. The third-order valence-electron chi connectivity index (χ3n) is 3.15. The number of rotatable bonds is 4. The molecule has 2 rings (SSSR count). The molecular weight excluding hydrogens is 310 g/mol. The van der Waals surface area contributed by atoms with Crippen LogP contribution in [0.3, 0.4) is 0 Å². The molecule has 0 bridgehead atoms. The van der Waals surface area contributed by atoms with Crippen molar-refractivity contribution >= 4 is 10.1 Å². The minimum Gasteiger partial charge on any atom is -0.379 e. The number of hydrogen-bond donors (Lipinski definition) is 0. The quantitative estimate of drug-likeness (QED) is 0.792. The van der Waals surface area contributed by atoms with Gasteiger partial charge in [0.05, 0.1) is 0 Å². The SMILES string of the molecule is Cc1ccc(C(C)C)c(OS(=O)(=O)c2cc(F)ccc2F)c1. The van der Waals surface area contributed by atoms with Crippen LogP contribution in [0.15, 0.2) is 41.3 Å². The van der Waals surface area contributed by atoms with Gasteiger partial charge in [-0.15, -0.1) is 0 Å². The Morgan fingerprint density at radius 2 is 1.73 bits per heavy atom. The second kappa shape index (κ2) is 6.04. The molecule has 0 atom stereocenters.